The third-order valence-corrected chi connectivity index (χ3v) is 4.79. The van der Waals surface area contributed by atoms with Crippen molar-refractivity contribution in [3.63, 3.8) is 0 Å². The number of aryl methyl sites for hydroxylation is 1. The topological polar surface area (TPSA) is 68.3 Å². The van der Waals surface area contributed by atoms with Crippen molar-refractivity contribution in [3.8, 4) is 0 Å². The first-order valence-corrected chi connectivity index (χ1v) is 10.2. The van der Waals surface area contributed by atoms with Gasteiger partial charge in [0, 0.05) is 18.8 Å². The van der Waals surface area contributed by atoms with Gasteiger partial charge >= 0.3 is 6.09 Å². The van der Waals surface area contributed by atoms with Crippen molar-refractivity contribution >= 4 is 22.6 Å². The molecule has 3 aromatic rings. The van der Waals surface area contributed by atoms with Crippen LogP contribution in [0.1, 0.15) is 38.3 Å². The first kappa shape index (κ1) is 21.5. The summed E-state index contributed by atoms with van der Waals surface area (Å²) in [5, 5.41) is 5.07. The van der Waals surface area contributed by atoms with Gasteiger partial charge in [0.1, 0.15) is 5.60 Å². The lowest BCUT2D eigenvalue weighted by atomic mass is 9.96. The number of benzene rings is 2. The van der Waals surface area contributed by atoms with Crippen molar-refractivity contribution in [2.24, 2.45) is 0 Å². The lowest BCUT2D eigenvalue weighted by molar-refractivity contribution is -0.121. The molecule has 1 heterocycles. The van der Waals surface area contributed by atoms with Crippen molar-refractivity contribution in [2.75, 3.05) is 0 Å². The average Bonchev–Trinajstić information content (AvgIpc) is 2.71. The van der Waals surface area contributed by atoms with Gasteiger partial charge in [-0.3, -0.25) is 9.78 Å². The molecule has 2 aromatic carbocycles. The van der Waals surface area contributed by atoms with Crippen LogP contribution in [0.2, 0.25) is 0 Å². The third-order valence-electron chi connectivity index (χ3n) is 4.79. The Labute approximate surface area is 177 Å². The summed E-state index contributed by atoms with van der Waals surface area (Å²) in [6, 6.07) is 17.3. The predicted octanol–water partition coefficient (Wildman–Crippen LogP) is 4.87. The third kappa shape index (κ3) is 6.14. The highest BCUT2D eigenvalue weighted by molar-refractivity contribution is 5.89. The Balaban J connectivity index is 1.72. The standard InChI is InChI=1S/C25H28N2O3/c1-25(2,3)30-24(29)27-22(17-18-13-15-26-16-14-18)23(28)12-11-20-9-6-8-19-7-4-5-10-21(19)20/h4-10,13-16,22H,11-12,17H2,1-3H3,(H,27,29)/t22-/m0/s1. The van der Waals surface area contributed by atoms with Crippen LogP contribution in [0.15, 0.2) is 67.0 Å². The Hall–Kier alpha value is -3.21. The Bertz CT molecular complexity index is 1000. The number of nitrogens with one attached hydrogen (secondary N) is 1. The van der Waals surface area contributed by atoms with Crippen molar-refractivity contribution in [2.45, 2.75) is 51.7 Å². The molecule has 0 unspecified atom stereocenters. The van der Waals surface area contributed by atoms with Crippen molar-refractivity contribution in [1.82, 2.24) is 10.3 Å². The Kier molecular flexibility index (Phi) is 6.83. The maximum Gasteiger partial charge on any atom is 0.408 e. The molecule has 1 amide bonds. The van der Waals surface area contributed by atoms with Gasteiger partial charge in [0.2, 0.25) is 0 Å². The van der Waals surface area contributed by atoms with Crippen LogP contribution >= 0.6 is 0 Å². The minimum Gasteiger partial charge on any atom is -0.444 e. The number of rotatable bonds is 7. The van der Waals surface area contributed by atoms with Crippen LogP contribution in [-0.2, 0) is 22.4 Å². The molecule has 0 saturated carbocycles. The molecule has 1 N–H and O–H groups in total. The molecule has 1 atom stereocenters. The van der Waals surface area contributed by atoms with Gasteiger partial charge in [0.05, 0.1) is 6.04 Å². The first-order chi connectivity index (χ1) is 14.3. The lowest BCUT2D eigenvalue weighted by Crippen LogP contribution is -2.44. The summed E-state index contributed by atoms with van der Waals surface area (Å²) in [6.07, 6.45) is 4.12. The zero-order valence-corrected chi connectivity index (χ0v) is 17.7. The number of carbonyl (C=O) groups excluding carboxylic acids is 2. The number of alkyl carbamates (subject to hydrolysis) is 1. The normalized spacial score (nSPS) is 12.4. The van der Waals surface area contributed by atoms with Crippen LogP contribution < -0.4 is 5.32 Å². The van der Waals surface area contributed by atoms with E-state index < -0.39 is 17.7 Å². The van der Waals surface area contributed by atoms with Crippen molar-refractivity contribution < 1.29 is 14.3 Å². The number of ether oxygens (including phenoxy) is 1. The summed E-state index contributed by atoms with van der Waals surface area (Å²) >= 11 is 0. The Morgan fingerprint density at radius 2 is 1.70 bits per heavy atom. The van der Waals surface area contributed by atoms with Gasteiger partial charge in [-0.2, -0.15) is 0 Å². The highest BCUT2D eigenvalue weighted by atomic mass is 16.6. The maximum absolute atomic E-state index is 13.1. The van der Waals surface area contributed by atoms with Gasteiger partial charge in [-0.1, -0.05) is 42.5 Å². The molecular formula is C25H28N2O3. The molecule has 30 heavy (non-hydrogen) atoms. The summed E-state index contributed by atoms with van der Waals surface area (Å²) in [5.41, 5.74) is 1.43. The molecule has 0 saturated heterocycles. The number of hydrogen-bond donors (Lipinski definition) is 1. The van der Waals surface area contributed by atoms with Crippen LogP contribution in [0.5, 0.6) is 0 Å². The molecule has 0 aliphatic heterocycles. The Morgan fingerprint density at radius 1 is 1.00 bits per heavy atom. The van der Waals surface area contributed by atoms with Gasteiger partial charge in [0.25, 0.3) is 0 Å². The molecule has 156 valence electrons. The van der Waals surface area contributed by atoms with Crippen LogP contribution in [0.25, 0.3) is 10.8 Å². The van der Waals surface area contributed by atoms with Crippen LogP contribution in [0.4, 0.5) is 4.79 Å². The summed E-state index contributed by atoms with van der Waals surface area (Å²) in [4.78, 5) is 29.4. The monoisotopic (exact) mass is 404 g/mol. The second-order valence-corrected chi connectivity index (χ2v) is 8.36. The van der Waals surface area contributed by atoms with E-state index in [1.54, 1.807) is 33.2 Å². The fraction of sp³-hybridized carbons (Fsp3) is 0.320. The lowest BCUT2D eigenvalue weighted by Gasteiger charge is -2.23. The molecule has 0 spiro atoms. The number of amides is 1. The number of Topliss-reactive ketones (excluding diaryl/α,β-unsaturated/α-hetero) is 1. The van der Waals surface area contributed by atoms with Crippen LogP contribution in [-0.4, -0.2) is 28.5 Å². The molecule has 0 fully saturated rings. The molecule has 5 heteroatoms. The van der Waals surface area contributed by atoms with Gasteiger partial charge in [-0.15, -0.1) is 0 Å². The van der Waals surface area contributed by atoms with Gasteiger partial charge in [-0.25, -0.2) is 4.79 Å². The number of nitrogens with zero attached hydrogens (tertiary/aromatic N) is 1. The quantitative estimate of drug-likeness (QED) is 0.610. The molecule has 0 bridgehead atoms. The van der Waals surface area contributed by atoms with E-state index >= 15 is 0 Å². The van der Waals surface area contributed by atoms with E-state index in [1.165, 1.54) is 0 Å². The number of pyridine rings is 1. The second-order valence-electron chi connectivity index (χ2n) is 8.36. The number of hydrogen-bond acceptors (Lipinski definition) is 4. The fourth-order valence-corrected chi connectivity index (χ4v) is 3.39. The molecule has 0 aliphatic carbocycles. The van der Waals surface area contributed by atoms with E-state index in [9.17, 15) is 9.59 Å². The molecule has 1 aromatic heterocycles. The maximum atomic E-state index is 13.1. The van der Waals surface area contributed by atoms with Crippen molar-refractivity contribution in [3.05, 3.63) is 78.1 Å². The van der Waals surface area contributed by atoms with Gasteiger partial charge in [0.15, 0.2) is 5.78 Å². The fourth-order valence-electron chi connectivity index (χ4n) is 3.39. The molecule has 0 radical (unpaired) electrons. The zero-order chi connectivity index (χ0) is 21.6. The number of fused-ring (bicyclic) bond motifs is 1. The van der Waals surface area contributed by atoms with Crippen LogP contribution in [0, 0.1) is 0 Å². The summed E-state index contributed by atoms with van der Waals surface area (Å²) < 4.78 is 5.36. The predicted molar refractivity (Wildman–Crippen MR) is 118 cm³/mol. The summed E-state index contributed by atoms with van der Waals surface area (Å²) in [6.45, 7) is 5.40. The van der Waals surface area contributed by atoms with Gasteiger partial charge < -0.3 is 10.1 Å². The molecule has 0 aliphatic rings. The van der Waals surface area contributed by atoms with E-state index in [2.05, 4.69) is 34.6 Å². The highest BCUT2D eigenvalue weighted by Crippen LogP contribution is 2.20. The largest absolute Gasteiger partial charge is 0.444 e. The smallest absolute Gasteiger partial charge is 0.408 e. The van der Waals surface area contributed by atoms with E-state index in [1.807, 2.05) is 30.3 Å². The van der Waals surface area contributed by atoms with Crippen LogP contribution in [0.3, 0.4) is 0 Å². The first-order valence-electron chi connectivity index (χ1n) is 10.2. The minimum absolute atomic E-state index is 0.0226. The zero-order valence-electron chi connectivity index (χ0n) is 17.7. The molecule has 5 nitrogen and oxygen atoms in total. The number of aromatic nitrogens is 1. The summed E-state index contributed by atoms with van der Waals surface area (Å²) in [5.74, 6) is -0.0226. The molecular weight excluding hydrogens is 376 g/mol. The van der Waals surface area contributed by atoms with Crippen molar-refractivity contribution in [1.29, 1.82) is 0 Å². The highest BCUT2D eigenvalue weighted by Gasteiger charge is 2.24. The van der Waals surface area contributed by atoms with Gasteiger partial charge in [-0.05, 0) is 67.6 Å². The number of ketones is 1. The van der Waals surface area contributed by atoms with E-state index in [4.69, 9.17) is 4.74 Å². The summed E-state index contributed by atoms with van der Waals surface area (Å²) in [7, 11) is 0. The SMILES string of the molecule is CC(C)(C)OC(=O)N[C@@H](Cc1ccncc1)C(=O)CCc1cccc2ccccc12. The van der Waals surface area contributed by atoms with E-state index in [0.29, 0.717) is 19.3 Å². The van der Waals surface area contributed by atoms with E-state index in [0.717, 1.165) is 21.9 Å². The Morgan fingerprint density at radius 3 is 2.43 bits per heavy atom. The second kappa shape index (κ2) is 9.53. The average molecular weight is 405 g/mol. The minimum atomic E-state index is -0.655. The molecule has 3 rings (SSSR count). The van der Waals surface area contributed by atoms with E-state index in [-0.39, 0.29) is 5.78 Å². The number of carbonyl (C=O) groups is 2.